The third-order valence-corrected chi connectivity index (χ3v) is 2.68. The number of rotatable bonds is 7. The Balaban J connectivity index is 0.00000484. The summed E-state index contributed by atoms with van der Waals surface area (Å²) in [6.45, 7) is 5.48. The van der Waals surface area contributed by atoms with Crippen molar-refractivity contribution in [3.05, 3.63) is 36.5 Å². The van der Waals surface area contributed by atoms with Crippen LogP contribution in [0, 0.1) is 0 Å². The molecule has 0 unspecified atom stereocenters. The van der Waals surface area contributed by atoms with Gasteiger partial charge in [-0.2, -0.15) is 13.2 Å². The molecule has 0 aromatic carbocycles. The summed E-state index contributed by atoms with van der Waals surface area (Å²) in [5, 5.41) is 9.09. The van der Waals surface area contributed by atoms with E-state index in [0.29, 0.717) is 31.4 Å². The van der Waals surface area contributed by atoms with Crippen LogP contribution in [0.25, 0.3) is 0 Å². The molecule has 0 radical (unpaired) electrons. The van der Waals surface area contributed by atoms with Crippen LogP contribution >= 0.6 is 24.0 Å². The van der Waals surface area contributed by atoms with E-state index in [0.717, 1.165) is 18.7 Å². The van der Waals surface area contributed by atoms with Gasteiger partial charge in [0.05, 0.1) is 5.56 Å². The molecular weight excluding hydrogens is 422 g/mol. The van der Waals surface area contributed by atoms with Crippen molar-refractivity contribution in [3.8, 4) is 0 Å². The predicted octanol–water partition coefficient (Wildman–Crippen LogP) is 2.87. The minimum absolute atomic E-state index is 0. The highest BCUT2D eigenvalue weighted by Crippen LogP contribution is 2.28. The molecule has 130 valence electrons. The first-order valence-corrected chi connectivity index (χ1v) is 6.80. The molecule has 1 heterocycles. The van der Waals surface area contributed by atoms with Crippen molar-refractivity contribution in [2.75, 3.05) is 32.0 Å². The Morgan fingerprint density at radius 3 is 2.57 bits per heavy atom. The van der Waals surface area contributed by atoms with E-state index in [1.165, 1.54) is 6.07 Å². The molecule has 0 saturated carbocycles. The Hall–Kier alpha value is -1.52. The second-order valence-electron chi connectivity index (χ2n) is 4.38. The maximum Gasteiger partial charge on any atom is 0.417 e. The zero-order chi connectivity index (χ0) is 16.4. The van der Waals surface area contributed by atoms with E-state index in [-0.39, 0.29) is 24.0 Å². The molecule has 1 aromatic heterocycles. The van der Waals surface area contributed by atoms with Crippen molar-refractivity contribution < 1.29 is 13.2 Å². The van der Waals surface area contributed by atoms with Crippen molar-refractivity contribution in [1.29, 1.82) is 0 Å². The van der Waals surface area contributed by atoms with Crippen molar-refractivity contribution in [1.82, 2.24) is 15.6 Å². The van der Waals surface area contributed by atoms with Gasteiger partial charge in [0, 0.05) is 32.9 Å². The lowest BCUT2D eigenvalue weighted by atomic mass is 10.3. The van der Waals surface area contributed by atoms with E-state index < -0.39 is 11.7 Å². The summed E-state index contributed by atoms with van der Waals surface area (Å²) in [6.07, 6.45) is -1.05. The predicted molar refractivity (Wildman–Crippen MR) is 97.3 cm³/mol. The summed E-state index contributed by atoms with van der Waals surface area (Å²) >= 11 is 0. The van der Waals surface area contributed by atoms with Crippen LogP contribution in [0.4, 0.5) is 19.0 Å². The molecule has 23 heavy (non-hydrogen) atoms. The molecule has 0 aliphatic rings. The van der Waals surface area contributed by atoms with E-state index >= 15 is 0 Å². The lowest BCUT2D eigenvalue weighted by molar-refractivity contribution is -0.137. The normalized spacial score (nSPS) is 11.4. The molecular formula is C14H21F3IN5. The molecule has 0 saturated heterocycles. The molecule has 0 fully saturated rings. The minimum Gasteiger partial charge on any atom is -0.370 e. The van der Waals surface area contributed by atoms with Gasteiger partial charge in [-0.3, -0.25) is 4.99 Å². The standard InChI is InChI=1S/C14H20F3N5.HI/c1-3-7-20-13(18-2)21-9-4-8-19-12-6-5-11(10-22-12)14(15,16)17;/h3,5-6,10H,1,4,7-9H2,2H3,(H,19,22)(H2,18,20,21);1H. The Labute approximate surface area is 150 Å². The van der Waals surface area contributed by atoms with Crippen LogP contribution in [0.15, 0.2) is 36.0 Å². The summed E-state index contributed by atoms with van der Waals surface area (Å²) in [4.78, 5) is 7.76. The molecule has 5 nitrogen and oxygen atoms in total. The number of hydrogen-bond donors (Lipinski definition) is 3. The lowest BCUT2D eigenvalue weighted by Gasteiger charge is -2.11. The van der Waals surface area contributed by atoms with Crippen molar-refractivity contribution in [2.24, 2.45) is 4.99 Å². The first-order valence-electron chi connectivity index (χ1n) is 6.80. The Morgan fingerprint density at radius 1 is 1.30 bits per heavy atom. The highest BCUT2D eigenvalue weighted by Gasteiger charge is 2.30. The molecule has 0 aliphatic carbocycles. The van der Waals surface area contributed by atoms with Crippen LogP contribution in [-0.2, 0) is 6.18 Å². The number of hydrogen-bond acceptors (Lipinski definition) is 3. The van der Waals surface area contributed by atoms with Crippen molar-refractivity contribution in [2.45, 2.75) is 12.6 Å². The average Bonchev–Trinajstić information content (AvgIpc) is 2.49. The number of nitrogens with zero attached hydrogens (tertiary/aromatic N) is 2. The fraction of sp³-hybridized carbons (Fsp3) is 0.429. The first kappa shape index (κ1) is 21.5. The van der Waals surface area contributed by atoms with E-state index in [9.17, 15) is 13.2 Å². The molecule has 3 N–H and O–H groups in total. The van der Waals surface area contributed by atoms with Crippen molar-refractivity contribution >= 4 is 35.8 Å². The van der Waals surface area contributed by atoms with Crippen LogP contribution in [0.5, 0.6) is 0 Å². The Kier molecular flexibility index (Phi) is 10.4. The second kappa shape index (κ2) is 11.1. The number of nitrogens with one attached hydrogen (secondary N) is 3. The molecule has 0 aliphatic heterocycles. The number of aromatic nitrogens is 1. The van der Waals surface area contributed by atoms with Crippen LogP contribution in [0.1, 0.15) is 12.0 Å². The van der Waals surface area contributed by atoms with Gasteiger partial charge in [0.2, 0.25) is 0 Å². The third kappa shape index (κ3) is 8.62. The van der Waals surface area contributed by atoms with E-state index in [1.807, 2.05) is 0 Å². The molecule has 0 spiro atoms. The number of alkyl halides is 3. The number of guanidine groups is 1. The third-order valence-electron chi connectivity index (χ3n) is 2.68. The van der Waals surface area contributed by atoms with Gasteiger partial charge in [-0.25, -0.2) is 4.98 Å². The molecule has 1 rings (SSSR count). The smallest absolute Gasteiger partial charge is 0.370 e. The lowest BCUT2D eigenvalue weighted by Crippen LogP contribution is -2.38. The fourth-order valence-electron chi connectivity index (χ4n) is 1.57. The quantitative estimate of drug-likeness (QED) is 0.200. The van der Waals surface area contributed by atoms with E-state index in [4.69, 9.17) is 0 Å². The molecule has 9 heteroatoms. The minimum atomic E-state index is -4.36. The van der Waals surface area contributed by atoms with Gasteiger partial charge in [-0.15, -0.1) is 30.6 Å². The summed E-state index contributed by atoms with van der Waals surface area (Å²) in [5.74, 6) is 1.09. The zero-order valence-corrected chi connectivity index (χ0v) is 15.1. The summed E-state index contributed by atoms with van der Waals surface area (Å²) in [7, 11) is 1.67. The van der Waals surface area contributed by atoms with Gasteiger partial charge in [0.25, 0.3) is 0 Å². The molecule has 1 aromatic rings. The highest BCUT2D eigenvalue weighted by molar-refractivity contribution is 14.0. The van der Waals surface area contributed by atoms with Crippen LogP contribution in [0.3, 0.4) is 0 Å². The average molecular weight is 443 g/mol. The van der Waals surface area contributed by atoms with Gasteiger partial charge in [-0.05, 0) is 18.6 Å². The van der Waals surface area contributed by atoms with Gasteiger partial charge in [0.1, 0.15) is 5.82 Å². The summed E-state index contributed by atoms with van der Waals surface area (Å²) in [5.41, 5.74) is -0.753. The highest BCUT2D eigenvalue weighted by atomic mass is 127. The van der Waals surface area contributed by atoms with Crippen LogP contribution in [-0.4, -0.2) is 37.6 Å². The first-order chi connectivity index (χ1) is 10.5. The molecule has 0 atom stereocenters. The van der Waals surface area contributed by atoms with Crippen LogP contribution < -0.4 is 16.0 Å². The van der Waals surface area contributed by atoms with Gasteiger partial charge in [0.15, 0.2) is 5.96 Å². The molecule has 0 amide bonds. The molecule has 0 bridgehead atoms. The second-order valence-corrected chi connectivity index (χ2v) is 4.38. The topological polar surface area (TPSA) is 61.3 Å². The van der Waals surface area contributed by atoms with Gasteiger partial charge in [-0.1, -0.05) is 6.08 Å². The van der Waals surface area contributed by atoms with Gasteiger partial charge >= 0.3 is 6.18 Å². The monoisotopic (exact) mass is 443 g/mol. The summed E-state index contributed by atoms with van der Waals surface area (Å²) < 4.78 is 37.1. The van der Waals surface area contributed by atoms with E-state index in [2.05, 4.69) is 32.5 Å². The summed E-state index contributed by atoms with van der Waals surface area (Å²) in [6, 6.07) is 2.33. The van der Waals surface area contributed by atoms with Crippen LogP contribution in [0.2, 0.25) is 0 Å². The van der Waals surface area contributed by atoms with Crippen molar-refractivity contribution in [3.63, 3.8) is 0 Å². The zero-order valence-electron chi connectivity index (χ0n) is 12.8. The Morgan fingerprint density at radius 2 is 2.04 bits per heavy atom. The SMILES string of the molecule is C=CCNC(=NC)NCCCNc1ccc(C(F)(F)F)cn1.I. The number of anilines is 1. The number of halogens is 4. The maximum absolute atomic E-state index is 12.4. The fourth-order valence-corrected chi connectivity index (χ4v) is 1.57. The van der Waals surface area contributed by atoms with Gasteiger partial charge < -0.3 is 16.0 Å². The van der Waals surface area contributed by atoms with E-state index in [1.54, 1.807) is 13.1 Å². The largest absolute Gasteiger partial charge is 0.417 e. The Bertz CT molecular complexity index is 488. The number of aliphatic imine (C=N–C) groups is 1. The maximum atomic E-state index is 12.4. The number of pyridine rings is 1.